The van der Waals surface area contributed by atoms with Gasteiger partial charge in [-0.25, -0.2) is 0 Å². The summed E-state index contributed by atoms with van der Waals surface area (Å²) in [6.07, 6.45) is 4.59. The van der Waals surface area contributed by atoms with Crippen molar-refractivity contribution in [2.24, 2.45) is 23.7 Å². The summed E-state index contributed by atoms with van der Waals surface area (Å²) in [6.45, 7) is 8.86. The molecule has 0 nitrogen and oxygen atoms in total. The first-order chi connectivity index (χ1) is 5.30. The van der Waals surface area contributed by atoms with Crippen molar-refractivity contribution < 1.29 is 0 Å². The van der Waals surface area contributed by atoms with Crippen LogP contribution in [-0.2, 0) is 0 Å². The van der Waals surface area contributed by atoms with Crippen LogP contribution in [-0.4, -0.2) is 0 Å². The lowest BCUT2D eigenvalue weighted by Crippen LogP contribution is -2.39. The number of hydrogen-bond acceptors (Lipinski definition) is 0. The lowest BCUT2D eigenvalue weighted by atomic mass is 9.60. The summed E-state index contributed by atoms with van der Waals surface area (Å²) in [7, 11) is 0. The molecule has 0 aromatic heterocycles. The smallest absolute Gasteiger partial charge is 0.0355 e. The second-order valence-corrected chi connectivity index (χ2v) is 3.98. The molecule has 0 N–H and O–H groups in total. The van der Waals surface area contributed by atoms with E-state index in [1.54, 1.807) is 0 Å². The maximum atomic E-state index is 2.43. The van der Waals surface area contributed by atoms with E-state index in [1.165, 1.54) is 19.3 Å². The Morgan fingerprint density at radius 2 is 1.18 bits per heavy atom. The van der Waals surface area contributed by atoms with E-state index in [0.29, 0.717) is 0 Å². The predicted molar refractivity (Wildman–Crippen MR) is 50.5 cm³/mol. The van der Waals surface area contributed by atoms with Crippen LogP contribution in [0.2, 0.25) is 0 Å². The molecule has 66 valence electrons. The monoisotopic (exact) mass is 154 g/mol. The zero-order valence-corrected chi connectivity index (χ0v) is 8.43. The lowest BCUT2D eigenvalue weighted by Gasteiger charge is -2.45. The van der Waals surface area contributed by atoms with Crippen LogP contribution in [0.1, 0.15) is 47.0 Å². The van der Waals surface area contributed by atoms with Crippen molar-refractivity contribution >= 4 is 0 Å². The Labute approximate surface area is 71.4 Å². The number of hydrogen-bond donors (Lipinski definition) is 0. The fraction of sp³-hybridized carbons (Fsp3) is 1.00. The highest BCUT2D eigenvalue weighted by molar-refractivity contribution is 4.95. The second-order valence-electron chi connectivity index (χ2n) is 3.98. The van der Waals surface area contributed by atoms with Gasteiger partial charge in [-0.2, -0.15) is 0 Å². The highest BCUT2D eigenvalue weighted by Gasteiger charge is 2.46. The van der Waals surface area contributed by atoms with Crippen LogP contribution in [0.15, 0.2) is 0 Å². The second kappa shape index (κ2) is 3.60. The van der Waals surface area contributed by atoms with Crippen LogP contribution >= 0.6 is 0 Å². The molecule has 2 fully saturated rings. The Morgan fingerprint density at radius 3 is 1.55 bits per heavy atom. The van der Waals surface area contributed by atoms with Gasteiger partial charge in [-0.05, 0) is 36.5 Å². The molecule has 0 spiro atoms. The molecule has 2 saturated carbocycles. The van der Waals surface area contributed by atoms with Crippen LogP contribution in [0.4, 0.5) is 0 Å². The van der Waals surface area contributed by atoms with E-state index in [1.807, 2.05) is 13.8 Å². The van der Waals surface area contributed by atoms with Crippen LogP contribution < -0.4 is 0 Å². The molecular formula is C11H22. The molecule has 11 heavy (non-hydrogen) atoms. The summed E-state index contributed by atoms with van der Waals surface area (Å²) in [5, 5.41) is 0. The molecule has 0 saturated heterocycles. The summed E-state index contributed by atoms with van der Waals surface area (Å²) >= 11 is 0. The predicted octanol–water partition coefficient (Wildman–Crippen LogP) is 3.71. The highest BCUT2D eigenvalue weighted by Crippen LogP contribution is 2.54. The SMILES string of the molecule is CC.CC1C(C)C2CCCC12. The molecule has 0 heterocycles. The van der Waals surface area contributed by atoms with Crippen LogP contribution in [0, 0.1) is 23.7 Å². The minimum absolute atomic E-state index is 1.05. The molecule has 0 aromatic carbocycles. The van der Waals surface area contributed by atoms with Crippen molar-refractivity contribution in [1.29, 1.82) is 0 Å². The van der Waals surface area contributed by atoms with Gasteiger partial charge < -0.3 is 0 Å². The maximum absolute atomic E-state index is 2.43. The average Bonchev–Trinajstić information content (AvgIpc) is 2.51. The molecule has 2 aliphatic rings. The Balaban J connectivity index is 0.000000281. The van der Waals surface area contributed by atoms with Crippen molar-refractivity contribution in [2.45, 2.75) is 47.0 Å². The topological polar surface area (TPSA) is 0 Å². The third kappa shape index (κ3) is 1.32. The molecule has 2 aliphatic carbocycles. The third-order valence-corrected chi connectivity index (χ3v) is 3.80. The molecule has 2 rings (SSSR count). The molecule has 0 amide bonds. The average molecular weight is 154 g/mol. The summed E-state index contributed by atoms with van der Waals surface area (Å²) in [5.74, 6) is 4.38. The van der Waals surface area contributed by atoms with Crippen molar-refractivity contribution in [3.8, 4) is 0 Å². The van der Waals surface area contributed by atoms with Gasteiger partial charge in [0.2, 0.25) is 0 Å². The van der Waals surface area contributed by atoms with Gasteiger partial charge in [0.15, 0.2) is 0 Å². The number of rotatable bonds is 0. The molecule has 0 aliphatic heterocycles. The van der Waals surface area contributed by atoms with Crippen molar-refractivity contribution in [1.82, 2.24) is 0 Å². The van der Waals surface area contributed by atoms with E-state index in [4.69, 9.17) is 0 Å². The standard InChI is InChI=1S/C9H16.C2H6/c1-6-7(2)9-5-3-4-8(6)9;1-2/h6-9H,3-5H2,1-2H3;1-2H3. The first-order valence-electron chi connectivity index (χ1n) is 5.30. The lowest BCUT2D eigenvalue weighted by molar-refractivity contribution is 0.0302. The van der Waals surface area contributed by atoms with Gasteiger partial charge in [0.05, 0.1) is 0 Å². The fourth-order valence-corrected chi connectivity index (χ4v) is 2.96. The third-order valence-electron chi connectivity index (χ3n) is 3.80. The van der Waals surface area contributed by atoms with Gasteiger partial charge in [-0.15, -0.1) is 0 Å². The summed E-state index contributed by atoms with van der Waals surface area (Å²) in [6, 6.07) is 0. The highest BCUT2D eigenvalue weighted by atomic mass is 14.5. The van der Waals surface area contributed by atoms with Gasteiger partial charge in [-0.1, -0.05) is 34.1 Å². The first kappa shape index (κ1) is 9.09. The Morgan fingerprint density at radius 1 is 0.818 bits per heavy atom. The Kier molecular flexibility index (Phi) is 2.98. The van der Waals surface area contributed by atoms with Crippen molar-refractivity contribution in [3.63, 3.8) is 0 Å². The van der Waals surface area contributed by atoms with E-state index in [9.17, 15) is 0 Å². The summed E-state index contributed by atoms with van der Waals surface area (Å²) in [5.41, 5.74) is 0. The molecule has 0 bridgehead atoms. The van der Waals surface area contributed by atoms with E-state index in [0.717, 1.165) is 23.7 Å². The van der Waals surface area contributed by atoms with Gasteiger partial charge in [0, 0.05) is 0 Å². The van der Waals surface area contributed by atoms with Crippen molar-refractivity contribution in [2.75, 3.05) is 0 Å². The molecule has 0 heteroatoms. The van der Waals surface area contributed by atoms with Crippen LogP contribution in [0.5, 0.6) is 0 Å². The van der Waals surface area contributed by atoms with Gasteiger partial charge in [0.1, 0.15) is 0 Å². The summed E-state index contributed by atoms with van der Waals surface area (Å²) in [4.78, 5) is 0. The van der Waals surface area contributed by atoms with Crippen molar-refractivity contribution in [3.05, 3.63) is 0 Å². The van der Waals surface area contributed by atoms with E-state index < -0.39 is 0 Å². The quantitative estimate of drug-likeness (QED) is 0.499. The Bertz CT molecular complexity index is 103. The summed E-state index contributed by atoms with van der Waals surface area (Å²) < 4.78 is 0. The van der Waals surface area contributed by atoms with E-state index >= 15 is 0 Å². The number of fused-ring (bicyclic) bond motifs is 1. The van der Waals surface area contributed by atoms with Crippen LogP contribution in [0.3, 0.4) is 0 Å². The van der Waals surface area contributed by atoms with Gasteiger partial charge in [0.25, 0.3) is 0 Å². The normalized spacial score (nSPS) is 46.9. The fourth-order valence-electron chi connectivity index (χ4n) is 2.96. The van der Waals surface area contributed by atoms with E-state index in [2.05, 4.69) is 13.8 Å². The minimum atomic E-state index is 1.05. The zero-order valence-electron chi connectivity index (χ0n) is 8.43. The molecule has 0 radical (unpaired) electrons. The molecule has 0 aromatic rings. The van der Waals surface area contributed by atoms with Gasteiger partial charge >= 0.3 is 0 Å². The largest absolute Gasteiger partial charge is 0.0683 e. The maximum Gasteiger partial charge on any atom is -0.0355 e. The minimum Gasteiger partial charge on any atom is -0.0683 e. The van der Waals surface area contributed by atoms with E-state index in [-0.39, 0.29) is 0 Å². The zero-order chi connectivity index (χ0) is 8.43. The van der Waals surface area contributed by atoms with Gasteiger partial charge in [-0.3, -0.25) is 0 Å². The van der Waals surface area contributed by atoms with Crippen LogP contribution in [0.25, 0.3) is 0 Å². The molecule has 4 atom stereocenters. The molecule has 4 unspecified atom stereocenters. The molecular weight excluding hydrogens is 132 g/mol. The Hall–Kier alpha value is 0. The first-order valence-corrected chi connectivity index (χ1v) is 5.30.